The van der Waals surface area contributed by atoms with Crippen LogP contribution in [0.25, 0.3) is 22.2 Å². The molecule has 0 spiro atoms. The second-order valence-electron chi connectivity index (χ2n) is 4.96. The van der Waals surface area contributed by atoms with E-state index >= 15 is 0 Å². The molecule has 2 N–H and O–H groups in total. The fourth-order valence-electron chi connectivity index (χ4n) is 2.69. The van der Waals surface area contributed by atoms with Crippen LogP contribution in [0.5, 0.6) is 0 Å². The van der Waals surface area contributed by atoms with Crippen molar-refractivity contribution in [1.29, 1.82) is 0 Å². The highest BCUT2D eigenvalue weighted by Gasteiger charge is 2.22. The van der Waals surface area contributed by atoms with Gasteiger partial charge in [0.15, 0.2) is 0 Å². The molecule has 7 heteroatoms. The van der Waals surface area contributed by atoms with E-state index in [0.29, 0.717) is 13.7 Å². The maximum Gasteiger partial charge on any atom is 0.131 e. The van der Waals surface area contributed by atoms with E-state index in [-0.39, 0.29) is 0 Å². The van der Waals surface area contributed by atoms with Gasteiger partial charge in [-0.05, 0) is 24.3 Å². The first-order chi connectivity index (χ1) is 10.6. The molecule has 4 rings (SSSR count). The van der Waals surface area contributed by atoms with Crippen LogP contribution in [0.3, 0.4) is 0 Å². The Labute approximate surface area is 145 Å². The number of benzene rings is 1. The normalized spacial score (nSPS) is 14.4. The highest BCUT2D eigenvalue weighted by Crippen LogP contribution is 2.41. The predicted molar refractivity (Wildman–Crippen MR) is 96.0 cm³/mol. The third kappa shape index (κ3) is 2.31. The monoisotopic (exact) mass is 369 g/mol. The fourth-order valence-corrected chi connectivity index (χ4v) is 4.34. The molecule has 22 heavy (non-hydrogen) atoms. The number of amidine groups is 1. The number of hydrogen-bond donors (Lipinski definition) is 2. The largest absolute Gasteiger partial charge is 0.368 e. The summed E-state index contributed by atoms with van der Waals surface area (Å²) in [5.74, 6) is 0.863. The Bertz CT molecular complexity index is 910. The topological polar surface area (TPSA) is 40.2 Å². The van der Waals surface area contributed by atoms with Gasteiger partial charge in [-0.15, -0.1) is 11.3 Å². The SMILES string of the molecule is Clc1ccc2[nH]c(-c3cc(Cl)sc3Cl)c(C3=NCCN3)c2c1. The number of nitrogens with zero attached hydrogens (tertiary/aromatic N) is 1. The number of aromatic nitrogens is 1. The number of aliphatic imine (C=N–C) groups is 1. The maximum absolute atomic E-state index is 6.34. The van der Waals surface area contributed by atoms with Gasteiger partial charge in [0.1, 0.15) is 10.2 Å². The molecule has 0 atom stereocenters. The van der Waals surface area contributed by atoms with Gasteiger partial charge in [0.25, 0.3) is 0 Å². The lowest BCUT2D eigenvalue weighted by molar-refractivity contribution is 0.960. The Balaban J connectivity index is 2.05. The summed E-state index contributed by atoms with van der Waals surface area (Å²) >= 11 is 20.0. The van der Waals surface area contributed by atoms with E-state index in [1.165, 1.54) is 11.3 Å². The first kappa shape index (κ1) is 14.4. The van der Waals surface area contributed by atoms with Crippen LogP contribution in [-0.2, 0) is 0 Å². The molecule has 0 aliphatic carbocycles. The van der Waals surface area contributed by atoms with Crippen LogP contribution in [0.1, 0.15) is 5.56 Å². The van der Waals surface area contributed by atoms with Gasteiger partial charge in [-0.1, -0.05) is 34.8 Å². The van der Waals surface area contributed by atoms with Crippen LogP contribution in [0.2, 0.25) is 13.7 Å². The van der Waals surface area contributed by atoms with E-state index in [1.54, 1.807) is 0 Å². The zero-order chi connectivity index (χ0) is 15.3. The van der Waals surface area contributed by atoms with Gasteiger partial charge in [0.2, 0.25) is 0 Å². The van der Waals surface area contributed by atoms with E-state index in [0.717, 1.165) is 46.6 Å². The summed E-state index contributed by atoms with van der Waals surface area (Å²) in [7, 11) is 0. The van der Waals surface area contributed by atoms with E-state index in [9.17, 15) is 0 Å². The number of aromatic amines is 1. The van der Waals surface area contributed by atoms with Gasteiger partial charge in [-0.3, -0.25) is 4.99 Å². The molecule has 1 aliphatic heterocycles. The second kappa shape index (κ2) is 5.46. The molecule has 1 aliphatic rings. The maximum atomic E-state index is 6.34. The Morgan fingerprint density at radius 3 is 2.68 bits per heavy atom. The molecule has 3 heterocycles. The number of H-pyrrole nitrogens is 1. The standard InChI is InChI=1S/C15H10Cl3N3S/c16-7-1-2-10-8(5-7)12(15-19-3-4-20-15)13(21-10)9-6-11(17)22-14(9)18/h1-2,5-6,21H,3-4H2,(H,19,20). The second-order valence-corrected chi connectivity index (χ2v) is 7.68. The van der Waals surface area contributed by atoms with Crippen molar-refractivity contribution in [3.05, 3.63) is 43.5 Å². The molecule has 0 saturated carbocycles. The highest BCUT2D eigenvalue weighted by molar-refractivity contribution is 7.20. The lowest BCUT2D eigenvalue weighted by Gasteiger charge is -2.05. The Hall–Kier alpha value is -1.20. The molecule has 1 aromatic carbocycles. The van der Waals surface area contributed by atoms with Gasteiger partial charge in [0.05, 0.1) is 22.1 Å². The number of halogens is 3. The van der Waals surface area contributed by atoms with Crippen LogP contribution in [-0.4, -0.2) is 23.9 Å². The molecule has 0 unspecified atom stereocenters. The summed E-state index contributed by atoms with van der Waals surface area (Å²) in [5.41, 5.74) is 3.78. The molecule has 0 saturated heterocycles. The zero-order valence-electron chi connectivity index (χ0n) is 11.2. The van der Waals surface area contributed by atoms with Crippen molar-refractivity contribution in [2.24, 2.45) is 4.99 Å². The summed E-state index contributed by atoms with van der Waals surface area (Å²) in [5, 5.41) is 5.03. The quantitative estimate of drug-likeness (QED) is 0.639. The Morgan fingerprint density at radius 1 is 1.14 bits per heavy atom. The first-order valence-corrected chi connectivity index (χ1v) is 8.63. The van der Waals surface area contributed by atoms with Crippen molar-refractivity contribution in [1.82, 2.24) is 10.3 Å². The van der Waals surface area contributed by atoms with Crippen LogP contribution < -0.4 is 5.32 Å². The minimum absolute atomic E-state index is 0.655. The molecule has 112 valence electrons. The lowest BCUT2D eigenvalue weighted by Crippen LogP contribution is -2.19. The summed E-state index contributed by atoms with van der Waals surface area (Å²) in [6.07, 6.45) is 0. The third-order valence-corrected chi connectivity index (χ3v) is 5.32. The predicted octanol–water partition coefficient (Wildman–Crippen LogP) is 5.21. The fraction of sp³-hybridized carbons (Fsp3) is 0.133. The van der Waals surface area contributed by atoms with Gasteiger partial charge >= 0.3 is 0 Å². The zero-order valence-corrected chi connectivity index (χ0v) is 14.3. The van der Waals surface area contributed by atoms with E-state index in [1.807, 2.05) is 24.3 Å². The average molecular weight is 371 g/mol. The molecule has 3 nitrogen and oxygen atoms in total. The van der Waals surface area contributed by atoms with Crippen molar-refractivity contribution in [3.63, 3.8) is 0 Å². The highest BCUT2D eigenvalue weighted by atomic mass is 35.5. The molecular formula is C15H10Cl3N3S. The molecule has 3 aromatic rings. The molecule has 2 aromatic heterocycles. The molecule has 0 fully saturated rings. The molecular weight excluding hydrogens is 361 g/mol. The number of nitrogens with one attached hydrogen (secondary N) is 2. The van der Waals surface area contributed by atoms with Crippen molar-refractivity contribution >= 4 is 62.9 Å². The lowest BCUT2D eigenvalue weighted by atomic mass is 10.1. The number of rotatable bonds is 2. The molecule has 0 radical (unpaired) electrons. The first-order valence-electron chi connectivity index (χ1n) is 6.68. The van der Waals surface area contributed by atoms with Crippen LogP contribution in [0.15, 0.2) is 29.3 Å². The summed E-state index contributed by atoms with van der Waals surface area (Å²) in [6, 6.07) is 7.64. The summed E-state index contributed by atoms with van der Waals surface area (Å²) in [4.78, 5) is 7.97. The number of fused-ring (bicyclic) bond motifs is 1. The van der Waals surface area contributed by atoms with E-state index in [4.69, 9.17) is 34.8 Å². The Morgan fingerprint density at radius 2 is 2.00 bits per heavy atom. The van der Waals surface area contributed by atoms with Gasteiger partial charge < -0.3 is 10.3 Å². The van der Waals surface area contributed by atoms with Crippen molar-refractivity contribution in [2.45, 2.75) is 0 Å². The van der Waals surface area contributed by atoms with E-state index < -0.39 is 0 Å². The number of hydrogen-bond acceptors (Lipinski definition) is 3. The Kier molecular flexibility index (Phi) is 3.57. The average Bonchev–Trinajstić information content (AvgIpc) is 3.16. The summed E-state index contributed by atoms with van der Waals surface area (Å²) < 4.78 is 1.31. The van der Waals surface area contributed by atoms with Gasteiger partial charge in [-0.2, -0.15) is 0 Å². The van der Waals surface area contributed by atoms with Gasteiger partial charge in [-0.25, -0.2) is 0 Å². The number of thiophene rings is 1. The summed E-state index contributed by atoms with van der Waals surface area (Å²) in [6.45, 7) is 1.60. The molecule has 0 amide bonds. The van der Waals surface area contributed by atoms with Crippen LogP contribution in [0.4, 0.5) is 0 Å². The van der Waals surface area contributed by atoms with Crippen molar-refractivity contribution in [2.75, 3.05) is 13.1 Å². The van der Waals surface area contributed by atoms with Crippen molar-refractivity contribution < 1.29 is 0 Å². The van der Waals surface area contributed by atoms with Crippen LogP contribution >= 0.6 is 46.1 Å². The van der Waals surface area contributed by atoms with Crippen molar-refractivity contribution in [3.8, 4) is 11.3 Å². The minimum atomic E-state index is 0.655. The smallest absolute Gasteiger partial charge is 0.131 e. The minimum Gasteiger partial charge on any atom is -0.368 e. The van der Waals surface area contributed by atoms with Gasteiger partial charge in [0, 0.05) is 28.0 Å². The van der Waals surface area contributed by atoms with Crippen LogP contribution in [0, 0.1) is 0 Å². The molecule has 0 bridgehead atoms. The van der Waals surface area contributed by atoms with E-state index in [2.05, 4.69) is 15.3 Å². The third-order valence-electron chi connectivity index (χ3n) is 3.60.